The summed E-state index contributed by atoms with van der Waals surface area (Å²) in [7, 11) is -1.48. The first kappa shape index (κ1) is 13.6. The summed E-state index contributed by atoms with van der Waals surface area (Å²) in [4.78, 5) is 0.352. The summed E-state index contributed by atoms with van der Waals surface area (Å²) in [6, 6.07) is 4.87. The van der Waals surface area contributed by atoms with E-state index >= 15 is 0 Å². The van der Waals surface area contributed by atoms with Gasteiger partial charge in [0.1, 0.15) is 0 Å². The quantitative estimate of drug-likeness (QED) is 0.856. The van der Waals surface area contributed by atoms with Crippen LogP contribution in [0, 0.1) is 6.92 Å². The summed E-state index contributed by atoms with van der Waals surface area (Å²) in [5, 5.41) is 4.02. The Balaban J connectivity index is 2.18. The highest BCUT2D eigenvalue weighted by atomic mass is 32.2. The van der Waals surface area contributed by atoms with Crippen molar-refractivity contribution in [3.05, 3.63) is 41.7 Å². The molecule has 2 aromatic rings. The molecule has 102 valence electrons. The van der Waals surface area contributed by atoms with Crippen molar-refractivity contribution in [1.29, 1.82) is 0 Å². The van der Waals surface area contributed by atoms with E-state index < -0.39 is 9.84 Å². The Hall–Kier alpha value is -1.82. The van der Waals surface area contributed by atoms with Gasteiger partial charge >= 0.3 is 0 Å². The summed E-state index contributed by atoms with van der Waals surface area (Å²) in [6.07, 6.45) is 3.97. The predicted molar refractivity (Wildman–Crippen MR) is 74.6 cm³/mol. The molecule has 0 atom stereocenters. The fourth-order valence-electron chi connectivity index (χ4n) is 1.98. The second kappa shape index (κ2) is 5.05. The highest BCUT2D eigenvalue weighted by Gasteiger charge is 2.17. The largest absolute Gasteiger partial charge is 0.399 e. The maximum absolute atomic E-state index is 12.3. The summed E-state index contributed by atoms with van der Waals surface area (Å²) in [6.45, 7) is 1.76. The van der Waals surface area contributed by atoms with Crippen LogP contribution in [-0.2, 0) is 23.3 Å². The minimum atomic E-state index is -3.29. The molecule has 0 aliphatic heterocycles. The summed E-state index contributed by atoms with van der Waals surface area (Å²) >= 11 is 0. The van der Waals surface area contributed by atoms with E-state index in [9.17, 15) is 8.42 Å². The third kappa shape index (κ3) is 3.14. The van der Waals surface area contributed by atoms with E-state index in [2.05, 4.69) is 5.10 Å². The lowest BCUT2D eigenvalue weighted by molar-refractivity contribution is 0.594. The molecule has 0 spiro atoms. The first-order valence-electron chi connectivity index (χ1n) is 5.95. The van der Waals surface area contributed by atoms with Gasteiger partial charge in [-0.3, -0.25) is 4.68 Å². The molecule has 0 unspecified atom stereocenters. The van der Waals surface area contributed by atoms with Crippen LogP contribution >= 0.6 is 0 Å². The van der Waals surface area contributed by atoms with Crippen LogP contribution in [-0.4, -0.2) is 24.0 Å². The third-order valence-electron chi connectivity index (χ3n) is 2.95. The number of nitrogen functional groups attached to an aromatic ring is 1. The van der Waals surface area contributed by atoms with E-state index in [1.165, 1.54) is 0 Å². The predicted octanol–water partition coefficient (Wildman–Crippen LogP) is 1.33. The first-order valence-corrected chi connectivity index (χ1v) is 7.60. The van der Waals surface area contributed by atoms with Gasteiger partial charge in [-0.25, -0.2) is 8.42 Å². The molecule has 2 rings (SSSR count). The number of benzene rings is 1. The zero-order chi connectivity index (χ0) is 14.0. The van der Waals surface area contributed by atoms with Crippen molar-refractivity contribution in [3.8, 4) is 0 Å². The Morgan fingerprint density at radius 1 is 1.37 bits per heavy atom. The highest BCUT2D eigenvalue weighted by Crippen LogP contribution is 2.20. The summed E-state index contributed by atoms with van der Waals surface area (Å²) in [5.74, 6) is 0.0729. The van der Waals surface area contributed by atoms with Crippen molar-refractivity contribution in [3.63, 3.8) is 0 Å². The van der Waals surface area contributed by atoms with Crippen LogP contribution in [0.25, 0.3) is 0 Å². The van der Waals surface area contributed by atoms with E-state index in [0.29, 0.717) is 22.6 Å². The minimum absolute atomic E-state index is 0.0729. The summed E-state index contributed by atoms with van der Waals surface area (Å²) < 4.78 is 26.2. The molecular weight excluding hydrogens is 262 g/mol. The van der Waals surface area contributed by atoms with E-state index in [1.54, 1.807) is 36.0 Å². The van der Waals surface area contributed by atoms with Gasteiger partial charge in [-0.1, -0.05) is 0 Å². The molecule has 0 amide bonds. The Kier molecular flexibility index (Phi) is 3.61. The zero-order valence-corrected chi connectivity index (χ0v) is 11.8. The molecule has 0 saturated carbocycles. The van der Waals surface area contributed by atoms with Crippen molar-refractivity contribution in [2.75, 3.05) is 11.5 Å². The Morgan fingerprint density at radius 3 is 2.68 bits per heavy atom. The van der Waals surface area contributed by atoms with Crippen molar-refractivity contribution in [2.24, 2.45) is 7.05 Å². The van der Waals surface area contributed by atoms with Crippen LogP contribution in [0.4, 0.5) is 5.69 Å². The van der Waals surface area contributed by atoms with Gasteiger partial charge in [-0.05, 0) is 42.7 Å². The van der Waals surface area contributed by atoms with Gasteiger partial charge in [0, 0.05) is 18.9 Å². The Bertz CT molecular complexity index is 690. The van der Waals surface area contributed by atoms with Crippen LogP contribution in [0.15, 0.2) is 35.5 Å². The van der Waals surface area contributed by atoms with Gasteiger partial charge in [0.25, 0.3) is 0 Å². The Labute approximate surface area is 113 Å². The molecular formula is C13H17N3O2S. The normalized spacial score (nSPS) is 11.7. The Morgan fingerprint density at radius 2 is 2.11 bits per heavy atom. The molecule has 0 radical (unpaired) electrons. The molecule has 1 heterocycles. The van der Waals surface area contributed by atoms with Crippen LogP contribution in [0.2, 0.25) is 0 Å². The van der Waals surface area contributed by atoms with Gasteiger partial charge in [-0.2, -0.15) is 5.10 Å². The average molecular weight is 279 g/mol. The van der Waals surface area contributed by atoms with Crippen molar-refractivity contribution >= 4 is 15.5 Å². The molecule has 0 saturated heterocycles. The van der Waals surface area contributed by atoms with Crippen molar-refractivity contribution < 1.29 is 8.42 Å². The van der Waals surface area contributed by atoms with Gasteiger partial charge in [0.2, 0.25) is 0 Å². The second-order valence-electron chi connectivity index (χ2n) is 4.62. The van der Waals surface area contributed by atoms with E-state index in [0.717, 1.165) is 5.56 Å². The maximum Gasteiger partial charge on any atom is 0.178 e. The van der Waals surface area contributed by atoms with E-state index in [4.69, 9.17) is 5.73 Å². The van der Waals surface area contributed by atoms with Crippen LogP contribution < -0.4 is 5.73 Å². The van der Waals surface area contributed by atoms with Crippen LogP contribution in [0.5, 0.6) is 0 Å². The summed E-state index contributed by atoms with van der Waals surface area (Å²) in [5.41, 5.74) is 7.81. The maximum atomic E-state index is 12.3. The van der Waals surface area contributed by atoms with Gasteiger partial charge in [-0.15, -0.1) is 0 Å². The molecule has 0 aliphatic carbocycles. The lowest BCUT2D eigenvalue weighted by atomic mass is 10.2. The van der Waals surface area contributed by atoms with E-state index in [-0.39, 0.29) is 5.75 Å². The third-order valence-corrected chi connectivity index (χ3v) is 4.82. The average Bonchev–Trinajstić information content (AvgIpc) is 2.72. The van der Waals surface area contributed by atoms with Crippen molar-refractivity contribution in [2.45, 2.75) is 18.2 Å². The molecule has 1 aromatic heterocycles. The standard InChI is InChI=1S/C13H17N3O2S/c1-10-7-12(14)3-4-13(10)19(17,18)6-5-11-8-15-16(2)9-11/h3-4,7-9H,5-6,14H2,1-2H3. The lowest BCUT2D eigenvalue weighted by Gasteiger charge is -2.07. The van der Waals surface area contributed by atoms with E-state index in [1.807, 2.05) is 13.2 Å². The molecule has 0 fully saturated rings. The number of anilines is 1. The fraction of sp³-hybridized carbons (Fsp3) is 0.308. The molecule has 2 N–H and O–H groups in total. The number of aryl methyl sites for hydroxylation is 3. The second-order valence-corrected chi connectivity index (χ2v) is 6.69. The first-order chi connectivity index (χ1) is 8.88. The van der Waals surface area contributed by atoms with Crippen LogP contribution in [0.1, 0.15) is 11.1 Å². The van der Waals surface area contributed by atoms with Gasteiger partial charge < -0.3 is 5.73 Å². The van der Waals surface area contributed by atoms with Gasteiger partial charge in [0.15, 0.2) is 9.84 Å². The molecule has 5 nitrogen and oxygen atoms in total. The fourth-order valence-corrected chi connectivity index (χ4v) is 3.53. The number of sulfone groups is 1. The number of nitrogens with two attached hydrogens (primary N) is 1. The lowest BCUT2D eigenvalue weighted by Crippen LogP contribution is -2.10. The highest BCUT2D eigenvalue weighted by molar-refractivity contribution is 7.91. The number of rotatable bonds is 4. The zero-order valence-electron chi connectivity index (χ0n) is 11.0. The monoisotopic (exact) mass is 279 g/mol. The number of hydrogen-bond acceptors (Lipinski definition) is 4. The van der Waals surface area contributed by atoms with Crippen molar-refractivity contribution in [1.82, 2.24) is 9.78 Å². The topological polar surface area (TPSA) is 78.0 Å². The molecule has 0 aliphatic rings. The number of nitrogens with zero attached hydrogens (tertiary/aromatic N) is 2. The molecule has 0 bridgehead atoms. The number of hydrogen-bond donors (Lipinski definition) is 1. The smallest absolute Gasteiger partial charge is 0.178 e. The minimum Gasteiger partial charge on any atom is -0.399 e. The van der Waals surface area contributed by atoms with Crippen LogP contribution in [0.3, 0.4) is 0 Å². The number of aromatic nitrogens is 2. The SMILES string of the molecule is Cc1cc(N)ccc1S(=O)(=O)CCc1cnn(C)c1. The molecule has 6 heteroatoms. The molecule has 19 heavy (non-hydrogen) atoms. The molecule has 1 aromatic carbocycles. The van der Waals surface area contributed by atoms with Gasteiger partial charge in [0.05, 0.1) is 16.8 Å².